The number of phenols is 1. The third-order valence-electron chi connectivity index (χ3n) is 3.93. The minimum Gasteiger partial charge on any atom is -0.507 e. The molecule has 0 saturated carbocycles. The van der Waals surface area contributed by atoms with Crippen molar-refractivity contribution in [2.45, 2.75) is 13.8 Å². The molecule has 6 heteroatoms. The normalized spacial score (nSPS) is 16.3. The van der Waals surface area contributed by atoms with Crippen LogP contribution in [0.15, 0.2) is 48.0 Å². The maximum Gasteiger partial charge on any atom is 0.335 e. The van der Waals surface area contributed by atoms with E-state index in [9.17, 15) is 19.5 Å². The van der Waals surface area contributed by atoms with E-state index in [2.05, 4.69) is 5.32 Å². The molecule has 2 aromatic rings. The van der Waals surface area contributed by atoms with Crippen molar-refractivity contribution in [2.75, 3.05) is 4.90 Å². The van der Waals surface area contributed by atoms with Crippen molar-refractivity contribution in [3.05, 3.63) is 64.7 Å². The fourth-order valence-corrected chi connectivity index (χ4v) is 2.70. The smallest absolute Gasteiger partial charge is 0.335 e. The number of hydrogen-bond acceptors (Lipinski definition) is 4. The molecule has 0 unspecified atom stereocenters. The number of benzene rings is 2. The number of amides is 4. The van der Waals surface area contributed by atoms with Crippen LogP contribution in [0.3, 0.4) is 0 Å². The molecule has 126 valence electrons. The number of nitrogens with one attached hydrogen (secondary N) is 1. The summed E-state index contributed by atoms with van der Waals surface area (Å²) in [7, 11) is 0. The van der Waals surface area contributed by atoms with E-state index >= 15 is 0 Å². The second-order valence-corrected chi connectivity index (χ2v) is 5.81. The number of anilines is 1. The van der Waals surface area contributed by atoms with Gasteiger partial charge >= 0.3 is 6.03 Å². The monoisotopic (exact) mass is 336 g/mol. The number of carbonyl (C=O) groups is 3. The first-order valence-corrected chi connectivity index (χ1v) is 7.65. The quantitative estimate of drug-likeness (QED) is 0.652. The van der Waals surface area contributed by atoms with E-state index in [4.69, 9.17) is 0 Å². The van der Waals surface area contributed by atoms with Crippen LogP contribution in [0, 0.1) is 13.8 Å². The Labute approximate surface area is 144 Å². The molecule has 3 rings (SSSR count). The zero-order valence-electron chi connectivity index (χ0n) is 13.7. The zero-order chi connectivity index (χ0) is 18.1. The maximum atomic E-state index is 12.8. The van der Waals surface area contributed by atoms with Gasteiger partial charge in [0, 0.05) is 5.56 Å². The van der Waals surface area contributed by atoms with Gasteiger partial charge in [-0.15, -0.1) is 0 Å². The van der Waals surface area contributed by atoms with Gasteiger partial charge in [-0.3, -0.25) is 14.9 Å². The van der Waals surface area contributed by atoms with Gasteiger partial charge < -0.3 is 5.11 Å². The summed E-state index contributed by atoms with van der Waals surface area (Å²) in [5.41, 5.74) is 2.23. The van der Waals surface area contributed by atoms with Gasteiger partial charge in [0.15, 0.2) is 0 Å². The lowest BCUT2D eigenvalue weighted by Crippen LogP contribution is -2.54. The molecule has 1 fully saturated rings. The van der Waals surface area contributed by atoms with Crippen LogP contribution in [-0.4, -0.2) is 23.0 Å². The minimum absolute atomic E-state index is 0.0643. The fraction of sp³-hybridized carbons (Fsp3) is 0.105. The Balaban J connectivity index is 2.07. The first-order valence-electron chi connectivity index (χ1n) is 7.65. The van der Waals surface area contributed by atoms with Crippen LogP contribution in [-0.2, 0) is 9.59 Å². The Morgan fingerprint density at radius 3 is 2.44 bits per heavy atom. The number of para-hydroxylation sites is 1. The molecule has 1 aliphatic rings. The molecular formula is C19H16N2O4. The lowest BCUT2D eigenvalue weighted by Gasteiger charge is -2.27. The average Bonchev–Trinajstić information content (AvgIpc) is 2.55. The average molecular weight is 336 g/mol. The van der Waals surface area contributed by atoms with Gasteiger partial charge in [-0.1, -0.05) is 35.9 Å². The summed E-state index contributed by atoms with van der Waals surface area (Å²) in [5.74, 6) is -1.59. The molecule has 4 amide bonds. The number of barbiturate groups is 1. The Morgan fingerprint density at radius 2 is 1.76 bits per heavy atom. The number of aryl methyl sites for hydroxylation is 2. The molecule has 1 saturated heterocycles. The van der Waals surface area contributed by atoms with Crippen LogP contribution in [0.5, 0.6) is 5.75 Å². The van der Waals surface area contributed by atoms with Gasteiger partial charge in [0.05, 0.1) is 5.69 Å². The third-order valence-corrected chi connectivity index (χ3v) is 3.93. The standard InChI is InChI=1S/C19H16N2O4/c1-11-7-8-15(12(2)9-11)21-18(24)14(17(23)20-19(21)25)10-13-5-3-4-6-16(13)22/h3-10,22H,1-2H3,(H,20,23,25)/b14-10+. The lowest BCUT2D eigenvalue weighted by molar-refractivity contribution is -0.122. The molecule has 0 aliphatic carbocycles. The van der Waals surface area contributed by atoms with Crippen LogP contribution in [0.1, 0.15) is 16.7 Å². The lowest BCUT2D eigenvalue weighted by atomic mass is 10.0. The third kappa shape index (κ3) is 3.01. The van der Waals surface area contributed by atoms with E-state index in [-0.39, 0.29) is 11.3 Å². The summed E-state index contributed by atoms with van der Waals surface area (Å²) in [6.45, 7) is 3.69. The van der Waals surface area contributed by atoms with Crippen molar-refractivity contribution in [3.8, 4) is 5.75 Å². The maximum absolute atomic E-state index is 12.8. The van der Waals surface area contributed by atoms with E-state index in [1.807, 2.05) is 13.0 Å². The SMILES string of the molecule is Cc1ccc(N2C(=O)NC(=O)/C(=C\c3ccccc3O)C2=O)c(C)c1. The van der Waals surface area contributed by atoms with E-state index < -0.39 is 17.8 Å². The highest BCUT2D eigenvalue weighted by molar-refractivity contribution is 6.39. The summed E-state index contributed by atoms with van der Waals surface area (Å²) in [6, 6.07) is 10.8. The predicted molar refractivity (Wildman–Crippen MR) is 93.0 cm³/mol. The van der Waals surface area contributed by atoms with E-state index in [0.29, 0.717) is 11.3 Å². The Morgan fingerprint density at radius 1 is 1.04 bits per heavy atom. The number of urea groups is 1. The zero-order valence-corrected chi connectivity index (χ0v) is 13.7. The minimum atomic E-state index is -0.795. The van der Waals surface area contributed by atoms with Crippen molar-refractivity contribution in [1.29, 1.82) is 0 Å². The predicted octanol–water partition coefficient (Wildman–Crippen LogP) is 2.68. The molecule has 0 atom stereocenters. The number of aromatic hydroxyl groups is 1. The summed E-state index contributed by atoms with van der Waals surface area (Å²) in [5, 5.41) is 12.0. The molecule has 0 bridgehead atoms. The van der Waals surface area contributed by atoms with Crippen molar-refractivity contribution < 1.29 is 19.5 Å². The first-order chi connectivity index (χ1) is 11.9. The molecule has 6 nitrogen and oxygen atoms in total. The van der Waals surface area contributed by atoms with Crippen LogP contribution >= 0.6 is 0 Å². The van der Waals surface area contributed by atoms with Gasteiger partial charge in [-0.05, 0) is 37.6 Å². The second-order valence-electron chi connectivity index (χ2n) is 5.81. The van der Waals surface area contributed by atoms with Crippen molar-refractivity contribution >= 4 is 29.6 Å². The highest BCUT2D eigenvalue weighted by Crippen LogP contribution is 2.27. The summed E-state index contributed by atoms with van der Waals surface area (Å²) in [4.78, 5) is 38.1. The molecule has 2 N–H and O–H groups in total. The highest BCUT2D eigenvalue weighted by Gasteiger charge is 2.37. The van der Waals surface area contributed by atoms with Crippen LogP contribution in [0.2, 0.25) is 0 Å². The Bertz CT molecular complexity index is 931. The molecule has 0 spiro atoms. The van der Waals surface area contributed by atoms with Crippen molar-refractivity contribution in [3.63, 3.8) is 0 Å². The molecule has 25 heavy (non-hydrogen) atoms. The van der Waals surface area contributed by atoms with Gasteiger partial charge in [-0.25, -0.2) is 9.69 Å². The van der Waals surface area contributed by atoms with Gasteiger partial charge in [0.1, 0.15) is 11.3 Å². The fourth-order valence-electron chi connectivity index (χ4n) is 2.70. The number of carbonyl (C=O) groups excluding carboxylic acids is 3. The number of hydrogen-bond donors (Lipinski definition) is 2. The molecule has 1 heterocycles. The number of nitrogens with zero attached hydrogens (tertiary/aromatic N) is 1. The van der Waals surface area contributed by atoms with E-state index in [1.165, 1.54) is 12.1 Å². The van der Waals surface area contributed by atoms with Crippen LogP contribution in [0.25, 0.3) is 6.08 Å². The summed E-state index contributed by atoms with van der Waals surface area (Å²) >= 11 is 0. The van der Waals surface area contributed by atoms with Crippen molar-refractivity contribution in [1.82, 2.24) is 5.32 Å². The highest BCUT2D eigenvalue weighted by atomic mass is 16.3. The number of phenolic OH excluding ortho intramolecular Hbond substituents is 1. The van der Waals surface area contributed by atoms with E-state index in [0.717, 1.165) is 16.0 Å². The second kappa shape index (κ2) is 6.24. The molecule has 1 aliphatic heterocycles. The number of imide groups is 2. The molecule has 0 aromatic heterocycles. The number of rotatable bonds is 2. The van der Waals surface area contributed by atoms with Gasteiger partial charge in [0.2, 0.25) is 0 Å². The van der Waals surface area contributed by atoms with E-state index in [1.54, 1.807) is 37.3 Å². The van der Waals surface area contributed by atoms with Crippen LogP contribution in [0.4, 0.5) is 10.5 Å². The molecule has 2 aromatic carbocycles. The topological polar surface area (TPSA) is 86.7 Å². The van der Waals surface area contributed by atoms with Crippen molar-refractivity contribution in [2.24, 2.45) is 0 Å². The Hall–Kier alpha value is -3.41. The molecular weight excluding hydrogens is 320 g/mol. The van der Waals surface area contributed by atoms with Gasteiger partial charge in [0.25, 0.3) is 11.8 Å². The molecule has 0 radical (unpaired) electrons. The summed E-state index contributed by atoms with van der Waals surface area (Å²) < 4.78 is 0. The largest absolute Gasteiger partial charge is 0.507 e. The van der Waals surface area contributed by atoms with Gasteiger partial charge in [-0.2, -0.15) is 0 Å². The first kappa shape index (κ1) is 16.4. The summed E-state index contributed by atoms with van der Waals surface area (Å²) in [6.07, 6.45) is 1.27. The Kier molecular flexibility index (Phi) is 4.10. The van der Waals surface area contributed by atoms with Crippen LogP contribution < -0.4 is 10.2 Å².